The smallest absolute Gasteiger partial charge is 0.248 e. The third kappa shape index (κ3) is 8.23. The van der Waals surface area contributed by atoms with Crippen molar-refractivity contribution in [3.05, 3.63) is 84.2 Å². The summed E-state index contributed by atoms with van der Waals surface area (Å²) in [5.74, 6) is 1.91. The number of pyridine rings is 1. The van der Waals surface area contributed by atoms with Crippen LogP contribution in [0.4, 0.5) is 17.6 Å². The van der Waals surface area contributed by atoms with Gasteiger partial charge in [-0.2, -0.15) is 19.6 Å². The molecule has 256 valence electrons. The van der Waals surface area contributed by atoms with Gasteiger partial charge in [-0.25, -0.2) is 0 Å². The Hall–Kier alpha value is -4.87. The van der Waals surface area contributed by atoms with Gasteiger partial charge in [-0.1, -0.05) is 50.3 Å². The van der Waals surface area contributed by atoms with Crippen LogP contribution in [-0.2, 0) is 16.1 Å². The zero-order chi connectivity index (χ0) is 34.3. The van der Waals surface area contributed by atoms with Crippen LogP contribution >= 0.6 is 0 Å². The summed E-state index contributed by atoms with van der Waals surface area (Å²) in [6.45, 7) is 6.34. The lowest BCUT2D eigenvalue weighted by atomic mass is 9.87. The molecule has 3 aromatic heterocycles. The molecule has 0 spiro atoms. The quantitative estimate of drug-likeness (QED) is 0.118. The summed E-state index contributed by atoms with van der Waals surface area (Å²) in [5.41, 5.74) is 5.57. The number of anilines is 3. The van der Waals surface area contributed by atoms with Crippen molar-refractivity contribution in [2.24, 2.45) is 5.92 Å². The van der Waals surface area contributed by atoms with Crippen LogP contribution in [-0.4, -0.2) is 75.8 Å². The van der Waals surface area contributed by atoms with E-state index in [4.69, 9.17) is 19.7 Å². The molecule has 5 aromatic rings. The number of amides is 1. The van der Waals surface area contributed by atoms with Crippen LogP contribution in [0.3, 0.4) is 0 Å². The number of methoxy groups -OCH3 is 1. The number of ether oxygens (including phenoxy) is 1. The first-order chi connectivity index (χ1) is 23.8. The van der Waals surface area contributed by atoms with Crippen molar-refractivity contribution < 1.29 is 9.53 Å². The highest BCUT2D eigenvalue weighted by Gasteiger charge is 2.22. The number of nitrogens with one attached hydrogen (secondary N) is 3. The Morgan fingerprint density at radius 2 is 1.88 bits per heavy atom. The summed E-state index contributed by atoms with van der Waals surface area (Å²) >= 11 is 0. The Labute approximate surface area is 288 Å². The van der Waals surface area contributed by atoms with Crippen molar-refractivity contribution in [2.75, 3.05) is 50.2 Å². The molecule has 0 saturated heterocycles. The summed E-state index contributed by atoms with van der Waals surface area (Å²) in [4.78, 5) is 29.1. The zero-order valence-electron chi connectivity index (χ0n) is 29.1. The molecule has 0 aliphatic heterocycles. The molecule has 49 heavy (non-hydrogen) atoms. The van der Waals surface area contributed by atoms with Crippen LogP contribution in [0.15, 0.2) is 73.1 Å². The van der Waals surface area contributed by atoms with E-state index >= 15 is 0 Å². The molecule has 0 atom stereocenters. The molecule has 1 amide bonds. The fourth-order valence-corrected chi connectivity index (χ4v) is 6.41. The van der Waals surface area contributed by atoms with Gasteiger partial charge in [0.15, 0.2) is 5.65 Å². The van der Waals surface area contributed by atoms with E-state index in [0.717, 1.165) is 76.7 Å². The molecule has 1 aliphatic rings. The summed E-state index contributed by atoms with van der Waals surface area (Å²) < 4.78 is 7.36. The monoisotopic (exact) mass is 661 g/mol. The minimum atomic E-state index is -0.156. The number of nitrogens with zero attached hydrogens (tertiary/aromatic N) is 6. The van der Waals surface area contributed by atoms with Gasteiger partial charge in [0.05, 0.1) is 18.0 Å². The fourth-order valence-electron chi connectivity index (χ4n) is 6.41. The molecule has 3 heterocycles. The van der Waals surface area contributed by atoms with Crippen LogP contribution in [0.2, 0.25) is 0 Å². The standard InChI is InChI=1S/C38H47N9O2/c1-25(2)33-24-42-47-36(33)44-37(40-22-26-12-15-30(49-5)16-13-26)45-38(47)41-23-28-9-6-7-10-31(28)35-32-17-14-29(21-27(32)18-19-39-35)43-34(48)11-8-20-46(3)4/h6-11,14,17-19,21,24-26,30H,12-13,15-16,20,22-23H2,1-5H3,(H,43,48)(H2,40,41,44,45)/b11-8+. The van der Waals surface area contributed by atoms with Gasteiger partial charge >= 0.3 is 0 Å². The molecular weight excluding hydrogens is 614 g/mol. The molecule has 0 radical (unpaired) electrons. The Morgan fingerprint density at radius 1 is 1.06 bits per heavy atom. The molecule has 3 N–H and O–H groups in total. The van der Waals surface area contributed by atoms with Gasteiger partial charge in [0.2, 0.25) is 17.8 Å². The second-order valence-corrected chi connectivity index (χ2v) is 13.4. The fraction of sp³-hybridized carbons (Fsp3) is 0.395. The topological polar surface area (TPSA) is 122 Å². The van der Waals surface area contributed by atoms with E-state index < -0.39 is 0 Å². The normalized spacial score (nSPS) is 16.6. The van der Waals surface area contributed by atoms with E-state index in [9.17, 15) is 4.79 Å². The Balaban J connectivity index is 1.23. The van der Waals surface area contributed by atoms with E-state index in [1.54, 1.807) is 17.7 Å². The largest absolute Gasteiger partial charge is 0.381 e. The number of hydrogen-bond donors (Lipinski definition) is 3. The summed E-state index contributed by atoms with van der Waals surface area (Å²) in [6.07, 6.45) is 11.9. The number of aromatic nitrogens is 5. The van der Waals surface area contributed by atoms with Gasteiger partial charge in [0, 0.05) is 61.2 Å². The van der Waals surface area contributed by atoms with E-state index in [1.165, 1.54) is 0 Å². The predicted molar refractivity (Wildman–Crippen MR) is 197 cm³/mol. The van der Waals surface area contributed by atoms with Gasteiger partial charge in [-0.05, 0) is 80.8 Å². The molecule has 0 unspecified atom stereocenters. The lowest BCUT2D eigenvalue weighted by molar-refractivity contribution is -0.111. The molecule has 11 nitrogen and oxygen atoms in total. The molecule has 6 rings (SSSR count). The van der Waals surface area contributed by atoms with Crippen LogP contribution < -0.4 is 16.0 Å². The third-order valence-electron chi connectivity index (χ3n) is 9.17. The first kappa shape index (κ1) is 34.0. The molecule has 1 saturated carbocycles. The lowest BCUT2D eigenvalue weighted by Gasteiger charge is -2.27. The summed E-state index contributed by atoms with van der Waals surface area (Å²) in [7, 11) is 5.74. The van der Waals surface area contributed by atoms with Crippen molar-refractivity contribution in [1.82, 2.24) is 29.5 Å². The van der Waals surface area contributed by atoms with Crippen LogP contribution in [0, 0.1) is 5.92 Å². The van der Waals surface area contributed by atoms with Gasteiger partial charge in [-0.3, -0.25) is 9.78 Å². The number of benzene rings is 2. The van der Waals surface area contributed by atoms with E-state index in [2.05, 4.69) is 47.0 Å². The van der Waals surface area contributed by atoms with Crippen molar-refractivity contribution >= 4 is 39.9 Å². The molecule has 1 aliphatic carbocycles. The van der Waals surface area contributed by atoms with Crippen molar-refractivity contribution in [3.8, 4) is 11.3 Å². The number of likely N-dealkylation sites (N-methyl/N-ethyl adjacent to an activating group) is 1. The Morgan fingerprint density at radius 3 is 2.65 bits per heavy atom. The first-order valence-corrected chi connectivity index (χ1v) is 17.1. The van der Waals surface area contributed by atoms with Crippen LogP contribution in [0.1, 0.15) is 56.6 Å². The van der Waals surface area contributed by atoms with E-state index in [-0.39, 0.29) is 11.8 Å². The summed E-state index contributed by atoms with van der Waals surface area (Å²) in [6, 6.07) is 16.2. The van der Waals surface area contributed by atoms with Crippen LogP contribution in [0.5, 0.6) is 0 Å². The molecule has 2 aromatic carbocycles. The Kier molecular flexibility index (Phi) is 10.8. The Bertz CT molecular complexity index is 1930. The highest BCUT2D eigenvalue weighted by atomic mass is 16.5. The van der Waals surface area contributed by atoms with Crippen molar-refractivity contribution in [1.29, 1.82) is 0 Å². The van der Waals surface area contributed by atoms with E-state index in [0.29, 0.717) is 37.0 Å². The molecule has 0 bridgehead atoms. The van der Waals surface area contributed by atoms with E-state index in [1.807, 2.05) is 73.9 Å². The summed E-state index contributed by atoms with van der Waals surface area (Å²) in [5, 5.41) is 16.7. The maximum Gasteiger partial charge on any atom is 0.248 e. The second-order valence-electron chi connectivity index (χ2n) is 13.4. The van der Waals surface area contributed by atoms with Crippen molar-refractivity contribution in [3.63, 3.8) is 0 Å². The highest BCUT2D eigenvalue weighted by Crippen LogP contribution is 2.32. The second kappa shape index (κ2) is 15.6. The molecular formula is C38H47N9O2. The molecule has 11 heteroatoms. The van der Waals surface area contributed by atoms with Gasteiger partial charge in [0.1, 0.15) is 0 Å². The maximum absolute atomic E-state index is 12.5. The average molecular weight is 662 g/mol. The minimum absolute atomic E-state index is 0.156. The number of fused-ring (bicyclic) bond motifs is 2. The first-order valence-electron chi connectivity index (χ1n) is 17.1. The zero-order valence-corrected chi connectivity index (χ0v) is 29.1. The number of carbonyl (C=O) groups is 1. The minimum Gasteiger partial charge on any atom is -0.381 e. The van der Waals surface area contributed by atoms with Gasteiger partial charge < -0.3 is 25.6 Å². The van der Waals surface area contributed by atoms with Gasteiger partial charge in [-0.15, -0.1) is 0 Å². The number of rotatable bonds is 13. The molecule has 1 fully saturated rings. The SMILES string of the molecule is COC1CCC(CNc2nc(NCc3ccccc3-c3nccc4cc(NC(=O)/C=C/CN(C)C)ccc34)n3ncc(C(C)C)c3n2)CC1. The number of carbonyl (C=O) groups excluding carboxylic acids is 1. The van der Waals surface area contributed by atoms with Crippen LogP contribution in [0.25, 0.3) is 27.7 Å². The lowest BCUT2D eigenvalue weighted by Crippen LogP contribution is -2.25. The number of hydrogen-bond acceptors (Lipinski definition) is 9. The van der Waals surface area contributed by atoms with Gasteiger partial charge in [0.25, 0.3) is 0 Å². The maximum atomic E-state index is 12.5. The van der Waals surface area contributed by atoms with Crippen molar-refractivity contribution in [2.45, 2.75) is 58.1 Å². The third-order valence-corrected chi connectivity index (χ3v) is 9.17. The predicted octanol–water partition coefficient (Wildman–Crippen LogP) is 6.75. The average Bonchev–Trinajstić information content (AvgIpc) is 3.54. The highest BCUT2D eigenvalue weighted by molar-refractivity contribution is 6.02.